The summed E-state index contributed by atoms with van der Waals surface area (Å²) < 4.78 is 0. The summed E-state index contributed by atoms with van der Waals surface area (Å²) in [6.07, 6.45) is 0. The van der Waals surface area contributed by atoms with Crippen molar-refractivity contribution in [3.8, 4) is 0 Å². The minimum absolute atomic E-state index is 0.0800. The molecule has 0 saturated carbocycles. The van der Waals surface area contributed by atoms with E-state index in [-0.39, 0.29) is 36.3 Å². The molecule has 0 radical (unpaired) electrons. The van der Waals surface area contributed by atoms with E-state index in [0.29, 0.717) is 33.4 Å². The number of rotatable bonds is 12. The molecule has 0 heterocycles. The van der Waals surface area contributed by atoms with Gasteiger partial charge in [-0.05, 0) is 24.6 Å². The van der Waals surface area contributed by atoms with Gasteiger partial charge in [0.2, 0.25) is 5.91 Å². The van der Waals surface area contributed by atoms with Gasteiger partial charge in [-0.15, -0.1) is 0 Å². The fraction of sp³-hybridized carbons (Fsp3) is 0.147. The number of Topliss-reactive ketones (excluding diaryl/α,β-unsaturated/α-hetero) is 2. The molecule has 0 saturated heterocycles. The standard InChI is InChI=1S/C34H31N3O5/c1-22(38)27-13-8-14-28(21-27)33(41)36-19-20-37-34(42)30(35)29(23-9-4-2-5-10-23)32(40)26-17-15-25(16-18-26)31(39)24-11-6-3-7-12-24/h2-18,21,29-30H,19-20,35H2,1H3,(H,36,41)(H,37,42). The SMILES string of the molecule is CC(=O)c1cccc(C(=O)NCCNC(=O)C(N)C(C(=O)c2ccc(C(=O)c3ccccc3)cc2)c2ccccc2)c1. The normalized spacial score (nSPS) is 12.0. The van der Waals surface area contributed by atoms with Gasteiger partial charge >= 0.3 is 0 Å². The maximum absolute atomic E-state index is 13.7. The molecule has 4 aromatic carbocycles. The quantitative estimate of drug-likeness (QED) is 0.177. The monoisotopic (exact) mass is 561 g/mol. The minimum Gasteiger partial charge on any atom is -0.353 e. The zero-order valence-corrected chi connectivity index (χ0v) is 23.1. The molecule has 4 N–H and O–H groups in total. The molecule has 0 aliphatic heterocycles. The van der Waals surface area contributed by atoms with Gasteiger partial charge in [-0.1, -0.05) is 97.1 Å². The van der Waals surface area contributed by atoms with E-state index in [1.165, 1.54) is 13.0 Å². The molecule has 0 spiro atoms. The van der Waals surface area contributed by atoms with Crippen LogP contribution in [0.5, 0.6) is 0 Å². The molecule has 0 aliphatic rings. The molecule has 0 bridgehead atoms. The molecule has 8 nitrogen and oxygen atoms in total. The third kappa shape index (κ3) is 7.30. The number of benzene rings is 4. The summed E-state index contributed by atoms with van der Waals surface area (Å²) in [6.45, 7) is 1.62. The maximum Gasteiger partial charge on any atom is 0.251 e. The highest BCUT2D eigenvalue weighted by atomic mass is 16.2. The highest BCUT2D eigenvalue weighted by Crippen LogP contribution is 2.25. The first-order valence-corrected chi connectivity index (χ1v) is 13.5. The number of hydrogen-bond donors (Lipinski definition) is 3. The Balaban J connectivity index is 1.41. The molecule has 4 rings (SSSR count). The lowest BCUT2D eigenvalue weighted by molar-refractivity contribution is -0.122. The van der Waals surface area contributed by atoms with Crippen LogP contribution >= 0.6 is 0 Å². The van der Waals surface area contributed by atoms with Crippen LogP contribution in [0.3, 0.4) is 0 Å². The van der Waals surface area contributed by atoms with E-state index in [9.17, 15) is 24.0 Å². The number of ketones is 3. The molecular weight excluding hydrogens is 530 g/mol. The van der Waals surface area contributed by atoms with Gasteiger partial charge in [-0.3, -0.25) is 24.0 Å². The topological polar surface area (TPSA) is 135 Å². The summed E-state index contributed by atoms with van der Waals surface area (Å²) in [5, 5.41) is 5.38. The summed E-state index contributed by atoms with van der Waals surface area (Å²) in [6, 6.07) is 29.1. The van der Waals surface area contributed by atoms with Crippen molar-refractivity contribution in [1.82, 2.24) is 10.6 Å². The second-order valence-electron chi connectivity index (χ2n) is 9.73. The number of carbonyl (C=O) groups excluding carboxylic acids is 5. The van der Waals surface area contributed by atoms with Gasteiger partial charge in [0, 0.05) is 40.9 Å². The Morgan fingerprint density at radius 3 is 1.79 bits per heavy atom. The second kappa shape index (κ2) is 13.9. The van der Waals surface area contributed by atoms with E-state index in [1.807, 2.05) is 6.07 Å². The van der Waals surface area contributed by atoms with Crippen molar-refractivity contribution < 1.29 is 24.0 Å². The lowest BCUT2D eigenvalue weighted by Crippen LogP contribution is -2.48. The van der Waals surface area contributed by atoms with Crippen molar-refractivity contribution in [3.63, 3.8) is 0 Å². The van der Waals surface area contributed by atoms with Crippen LogP contribution in [-0.4, -0.2) is 48.3 Å². The number of nitrogens with one attached hydrogen (secondary N) is 2. The van der Waals surface area contributed by atoms with Crippen LogP contribution in [0.15, 0.2) is 109 Å². The van der Waals surface area contributed by atoms with Gasteiger partial charge in [-0.25, -0.2) is 0 Å². The van der Waals surface area contributed by atoms with E-state index >= 15 is 0 Å². The van der Waals surface area contributed by atoms with Crippen molar-refractivity contribution >= 4 is 29.2 Å². The largest absolute Gasteiger partial charge is 0.353 e. The van der Waals surface area contributed by atoms with E-state index in [2.05, 4.69) is 10.6 Å². The third-order valence-corrected chi connectivity index (χ3v) is 6.81. The molecular formula is C34H31N3O5. The number of nitrogens with two attached hydrogens (primary N) is 1. The van der Waals surface area contributed by atoms with Gasteiger partial charge in [0.25, 0.3) is 5.91 Å². The van der Waals surface area contributed by atoms with Crippen LogP contribution in [0.2, 0.25) is 0 Å². The molecule has 4 aromatic rings. The first-order valence-electron chi connectivity index (χ1n) is 13.5. The fourth-order valence-corrected chi connectivity index (χ4v) is 4.52. The van der Waals surface area contributed by atoms with Gasteiger partial charge < -0.3 is 16.4 Å². The Hall–Kier alpha value is -5.21. The number of amides is 2. The lowest BCUT2D eigenvalue weighted by atomic mass is 9.84. The summed E-state index contributed by atoms with van der Waals surface area (Å²) >= 11 is 0. The maximum atomic E-state index is 13.7. The first-order chi connectivity index (χ1) is 20.3. The van der Waals surface area contributed by atoms with Crippen molar-refractivity contribution in [3.05, 3.63) is 143 Å². The van der Waals surface area contributed by atoms with Crippen LogP contribution in [0.1, 0.15) is 65.4 Å². The van der Waals surface area contributed by atoms with Crippen molar-refractivity contribution in [2.45, 2.75) is 18.9 Å². The highest BCUT2D eigenvalue weighted by Gasteiger charge is 2.33. The molecule has 212 valence electrons. The average molecular weight is 562 g/mol. The number of hydrogen-bond acceptors (Lipinski definition) is 6. The van der Waals surface area contributed by atoms with Gasteiger partial charge in [0.05, 0.1) is 12.0 Å². The molecule has 2 unspecified atom stereocenters. The van der Waals surface area contributed by atoms with Crippen LogP contribution < -0.4 is 16.4 Å². The highest BCUT2D eigenvalue weighted by molar-refractivity contribution is 6.10. The molecule has 8 heteroatoms. The summed E-state index contributed by atoms with van der Waals surface area (Å²) in [4.78, 5) is 63.5. The first kappa shape index (κ1) is 29.8. The van der Waals surface area contributed by atoms with E-state index in [4.69, 9.17) is 5.73 Å². The van der Waals surface area contributed by atoms with Crippen molar-refractivity contribution in [2.75, 3.05) is 13.1 Å². The molecule has 0 aromatic heterocycles. The van der Waals surface area contributed by atoms with Crippen LogP contribution in [-0.2, 0) is 4.79 Å². The van der Waals surface area contributed by atoms with Crippen LogP contribution in [0.25, 0.3) is 0 Å². The molecule has 0 fully saturated rings. The molecule has 0 aliphatic carbocycles. The van der Waals surface area contributed by atoms with E-state index in [1.54, 1.807) is 97.1 Å². The Morgan fingerprint density at radius 2 is 1.14 bits per heavy atom. The summed E-state index contributed by atoms with van der Waals surface area (Å²) in [5.41, 5.74) is 8.98. The van der Waals surface area contributed by atoms with Crippen LogP contribution in [0.4, 0.5) is 0 Å². The van der Waals surface area contributed by atoms with Crippen LogP contribution in [0, 0.1) is 0 Å². The number of carbonyl (C=O) groups is 5. The molecule has 2 amide bonds. The Bertz CT molecular complexity index is 1580. The molecule has 2 atom stereocenters. The van der Waals surface area contributed by atoms with Gasteiger partial charge in [0.1, 0.15) is 0 Å². The third-order valence-electron chi connectivity index (χ3n) is 6.81. The minimum atomic E-state index is -1.21. The Labute approximate surface area is 243 Å². The van der Waals surface area contributed by atoms with Crippen molar-refractivity contribution in [2.24, 2.45) is 5.73 Å². The second-order valence-corrected chi connectivity index (χ2v) is 9.73. The fourth-order valence-electron chi connectivity index (χ4n) is 4.52. The van der Waals surface area contributed by atoms with Crippen molar-refractivity contribution in [1.29, 1.82) is 0 Å². The lowest BCUT2D eigenvalue weighted by Gasteiger charge is -2.23. The predicted octanol–water partition coefficient (Wildman–Crippen LogP) is 3.96. The zero-order chi connectivity index (χ0) is 30.1. The predicted molar refractivity (Wildman–Crippen MR) is 160 cm³/mol. The Morgan fingerprint density at radius 1 is 0.619 bits per heavy atom. The van der Waals surface area contributed by atoms with Gasteiger partial charge in [0.15, 0.2) is 17.3 Å². The average Bonchev–Trinajstić information content (AvgIpc) is 3.03. The Kier molecular flexibility index (Phi) is 9.86. The molecule has 42 heavy (non-hydrogen) atoms. The van der Waals surface area contributed by atoms with Gasteiger partial charge in [-0.2, -0.15) is 0 Å². The zero-order valence-electron chi connectivity index (χ0n) is 23.1. The smallest absolute Gasteiger partial charge is 0.251 e. The summed E-state index contributed by atoms with van der Waals surface area (Å²) in [7, 11) is 0. The van der Waals surface area contributed by atoms with E-state index in [0.717, 1.165) is 0 Å². The van der Waals surface area contributed by atoms with E-state index < -0.39 is 17.9 Å². The summed E-state index contributed by atoms with van der Waals surface area (Å²) in [5.74, 6) is -2.59.